The molecular weight excluding hydrogens is 318 g/mol. The number of nitrogens with zero attached hydrogens (tertiary/aromatic N) is 2. The molecule has 1 N–H and O–H groups in total. The minimum absolute atomic E-state index is 0.154. The van der Waals surface area contributed by atoms with Crippen molar-refractivity contribution in [2.24, 2.45) is 0 Å². The zero-order chi connectivity index (χ0) is 17.8. The number of carbonyl (C=O) groups is 1. The zero-order valence-corrected chi connectivity index (χ0v) is 14.2. The second-order valence-electron chi connectivity index (χ2n) is 5.75. The Kier molecular flexibility index (Phi) is 4.79. The van der Waals surface area contributed by atoms with E-state index in [0.717, 1.165) is 5.56 Å². The van der Waals surface area contributed by atoms with Crippen molar-refractivity contribution >= 4 is 5.91 Å². The topological polar surface area (TPSA) is 77.1 Å². The normalized spacial score (nSPS) is 10.6. The van der Waals surface area contributed by atoms with Gasteiger partial charge in [-0.1, -0.05) is 30.3 Å². The summed E-state index contributed by atoms with van der Waals surface area (Å²) in [5.41, 5.74) is 1.89. The van der Waals surface area contributed by atoms with Crippen molar-refractivity contribution < 1.29 is 9.21 Å². The SMILES string of the molecule is Cc1cc(C(=O)NCCn2cnc(-c3ccccc3)cc2=O)c(C)o1. The molecule has 0 saturated carbocycles. The first-order chi connectivity index (χ1) is 12.0. The van der Waals surface area contributed by atoms with Crippen molar-refractivity contribution in [1.82, 2.24) is 14.9 Å². The van der Waals surface area contributed by atoms with E-state index in [1.54, 1.807) is 19.9 Å². The van der Waals surface area contributed by atoms with Gasteiger partial charge >= 0.3 is 0 Å². The maximum absolute atomic E-state index is 12.2. The molecule has 1 amide bonds. The summed E-state index contributed by atoms with van der Waals surface area (Å²) in [7, 11) is 0. The monoisotopic (exact) mass is 337 g/mol. The number of nitrogens with one attached hydrogen (secondary N) is 1. The number of carbonyl (C=O) groups excluding carboxylic acids is 1. The van der Waals surface area contributed by atoms with E-state index in [2.05, 4.69) is 10.3 Å². The van der Waals surface area contributed by atoms with Gasteiger partial charge < -0.3 is 9.73 Å². The fourth-order valence-corrected chi connectivity index (χ4v) is 2.60. The molecule has 6 heteroatoms. The molecule has 0 fully saturated rings. The summed E-state index contributed by atoms with van der Waals surface area (Å²) in [6.45, 7) is 4.22. The summed E-state index contributed by atoms with van der Waals surface area (Å²) in [5, 5.41) is 2.79. The van der Waals surface area contributed by atoms with Gasteiger partial charge in [-0.05, 0) is 19.9 Å². The van der Waals surface area contributed by atoms with E-state index in [0.29, 0.717) is 35.9 Å². The van der Waals surface area contributed by atoms with Crippen molar-refractivity contribution in [3.05, 3.63) is 76.2 Å². The fraction of sp³-hybridized carbons (Fsp3) is 0.211. The van der Waals surface area contributed by atoms with Crippen LogP contribution in [0.3, 0.4) is 0 Å². The maximum atomic E-state index is 12.2. The number of benzene rings is 1. The highest BCUT2D eigenvalue weighted by Crippen LogP contribution is 2.14. The van der Waals surface area contributed by atoms with Crippen LogP contribution in [0.5, 0.6) is 0 Å². The van der Waals surface area contributed by atoms with Gasteiger partial charge in [0.05, 0.1) is 17.6 Å². The third-order valence-electron chi connectivity index (χ3n) is 3.87. The van der Waals surface area contributed by atoms with Crippen LogP contribution < -0.4 is 10.9 Å². The lowest BCUT2D eigenvalue weighted by atomic mass is 10.1. The number of rotatable bonds is 5. The summed E-state index contributed by atoms with van der Waals surface area (Å²) in [6, 6.07) is 12.7. The van der Waals surface area contributed by atoms with Gasteiger partial charge in [-0.2, -0.15) is 0 Å². The fourth-order valence-electron chi connectivity index (χ4n) is 2.60. The van der Waals surface area contributed by atoms with Crippen molar-refractivity contribution in [2.75, 3.05) is 6.54 Å². The first-order valence-corrected chi connectivity index (χ1v) is 8.02. The predicted octanol–water partition coefficient (Wildman–Crippen LogP) is 2.55. The number of hydrogen-bond donors (Lipinski definition) is 1. The summed E-state index contributed by atoms with van der Waals surface area (Å²) < 4.78 is 6.82. The van der Waals surface area contributed by atoms with E-state index < -0.39 is 0 Å². The van der Waals surface area contributed by atoms with Crippen LogP contribution >= 0.6 is 0 Å². The van der Waals surface area contributed by atoms with Gasteiger partial charge in [-0.3, -0.25) is 14.2 Å². The minimum Gasteiger partial charge on any atom is -0.466 e. The number of furan rings is 1. The van der Waals surface area contributed by atoms with Crippen molar-refractivity contribution in [3.8, 4) is 11.3 Å². The summed E-state index contributed by atoms with van der Waals surface area (Å²) in [6.07, 6.45) is 1.50. The predicted molar refractivity (Wildman–Crippen MR) is 94.4 cm³/mol. The molecule has 0 bridgehead atoms. The smallest absolute Gasteiger partial charge is 0.254 e. The number of aromatic nitrogens is 2. The highest BCUT2D eigenvalue weighted by molar-refractivity contribution is 5.95. The maximum Gasteiger partial charge on any atom is 0.254 e. The lowest BCUT2D eigenvalue weighted by molar-refractivity contribution is 0.0950. The number of amides is 1. The van der Waals surface area contributed by atoms with Crippen LogP contribution in [-0.4, -0.2) is 22.0 Å². The number of aryl methyl sites for hydroxylation is 2. The lowest BCUT2D eigenvalue weighted by Gasteiger charge is -2.08. The molecule has 0 saturated heterocycles. The molecule has 3 rings (SSSR count). The second-order valence-corrected chi connectivity index (χ2v) is 5.75. The molecule has 0 spiro atoms. The number of hydrogen-bond acceptors (Lipinski definition) is 4. The average Bonchev–Trinajstić information content (AvgIpc) is 2.95. The molecule has 128 valence electrons. The Bertz CT molecular complexity index is 942. The van der Waals surface area contributed by atoms with E-state index in [1.165, 1.54) is 17.0 Å². The summed E-state index contributed by atoms with van der Waals surface area (Å²) in [4.78, 5) is 28.6. The van der Waals surface area contributed by atoms with Gasteiger partial charge in [0.15, 0.2) is 0 Å². The quantitative estimate of drug-likeness (QED) is 0.776. The van der Waals surface area contributed by atoms with Crippen LogP contribution in [0.1, 0.15) is 21.9 Å². The molecular formula is C19H19N3O3. The van der Waals surface area contributed by atoms with Crippen molar-refractivity contribution in [1.29, 1.82) is 0 Å². The van der Waals surface area contributed by atoms with Crippen LogP contribution in [0.25, 0.3) is 11.3 Å². The molecule has 2 aromatic heterocycles. The molecule has 0 aliphatic carbocycles. The van der Waals surface area contributed by atoms with Gasteiger partial charge in [0.1, 0.15) is 11.5 Å². The lowest BCUT2D eigenvalue weighted by Crippen LogP contribution is -2.30. The highest BCUT2D eigenvalue weighted by Gasteiger charge is 2.12. The molecule has 1 aromatic carbocycles. The molecule has 0 radical (unpaired) electrons. The molecule has 0 aliphatic rings. The van der Waals surface area contributed by atoms with Crippen LogP contribution in [0, 0.1) is 13.8 Å². The van der Waals surface area contributed by atoms with Crippen molar-refractivity contribution in [2.45, 2.75) is 20.4 Å². The minimum atomic E-state index is -0.212. The molecule has 0 atom stereocenters. The van der Waals surface area contributed by atoms with E-state index >= 15 is 0 Å². The van der Waals surface area contributed by atoms with E-state index in [4.69, 9.17) is 4.42 Å². The third kappa shape index (κ3) is 3.85. The van der Waals surface area contributed by atoms with Crippen LogP contribution in [0.15, 0.2) is 58.0 Å². The van der Waals surface area contributed by atoms with Crippen molar-refractivity contribution in [3.63, 3.8) is 0 Å². The molecule has 0 aliphatic heterocycles. The molecule has 3 aromatic rings. The van der Waals surface area contributed by atoms with Gasteiger partial charge in [0, 0.05) is 24.7 Å². The van der Waals surface area contributed by atoms with Crippen LogP contribution in [0.4, 0.5) is 0 Å². The van der Waals surface area contributed by atoms with Gasteiger partial charge in [0.2, 0.25) is 0 Å². The van der Waals surface area contributed by atoms with Crippen LogP contribution in [0.2, 0.25) is 0 Å². The highest BCUT2D eigenvalue weighted by atomic mass is 16.3. The van der Waals surface area contributed by atoms with E-state index in [-0.39, 0.29) is 11.5 Å². The Hall–Kier alpha value is -3.15. The summed E-state index contributed by atoms with van der Waals surface area (Å²) in [5.74, 6) is 1.07. The Labute approximate surface area is 145 Å². The Morgan fingerprint density at radius 3 is 2.60 bits per heavy atom. The Morgan fingerprint density at radius 1 is 1.20 bits per heavy atom. The van der Waals surface area contributed by atoms with Gasteiger partial charge in [0.25, 0.3) is 11.5 Å². The average molecular weight is 337 g/mol. The Balaban J connectivity index is 1.63. The van der Waals surface area contributed by atoms with E-state index in [1.807, 2.05) is 30.3 Å². The first-order valence-electron chi connectivity index (χ1n) is 8.02. The molecule has 25 heavy (non-hydrogen) atoms. The zero-order valence-electron chi connectivity index (χ0n) is 14.2. The van der Waals surface area contributed by atoms with Crippen LogP contribution in [-0.2, 0) is 6.54 Å². The molecule has 6 nitrogen and oxygen atoms in total. The van der Waals surface area contributed by atoms with E-state index in [9.17, 15) is 9.59 Å². The largest absolute Gasteiger partial charge is 0.466 e. The second kappa shape index (κ2) is 7.17. The Morgan fingerprint density at radius 2 is 1.96 bits per heavy atom. The summed E-state index contributed by atoms with van der Waals surface area (Å²) >= 11 is 0. The third-order valence-corrected chi connectivity index (χ3v) is 3.87. The first kappa shape index (κ1) is 16.7. The molecule has 2 heterocycles. The molecule has 0 unspecified atom stereocenters. The van der Waals surface area contributed by atoms with Gasteiger partial charge in [-0.25, -0.2) is 4.98 Å². The standard InChI is InChI=1S/C19H19N3O3/c1-13-10-16(14(2)25-13)19(24)20-8-9-22-12-21-17(11-18(22)23)15-6-4-3-5-7-15/h3-7,10-12H,8-9H2,1-2H3,(H,20,24). The van der Waals surface area contributed by atoms with Gasteiger partial charge in [-0.15, -0.1) is 0 Å².